The average Bonchev–Trinajstić information content (AvgIpc) is 3.25. The minimum Gasteiger partial charge on any atom is -0.388 e. The molecule has 5 saturated carbocycles. The van der Waals surface area contributed by atoms with Gasteiger partial charge in [0.15, 0.2) is 0 Å². The zero-order valence-corrected chi connectivity index (χ0v) is 24.0. The van der Waals surface area contributed by atoms with Crippen molar-refractivity contribution in [2.24, 2.45) is 51.8 Å². The van der Waals surface area contributed by atoms with Crippen LogP contribution >= 0.6 is 0 Å². The standard InChI is InChI=1S/C29H50O5S/c1-18(8-11-24(26(2,3)30)34-35(7,31)32)21-9-10-22-20-16-25(33-6)29-17-19(29)12-15-28(29,5)23(20)13-14-27(21,22)4/h18-25,30H,8-17H2,1-7H3/t18-,19+,20+,21-,22+,23+,24-,25+,27-,28-,29+/m1/s1. The summed E-state index contributed by atoms with van der Waals surface area (Å²) in [4.78, 5) is 0. The molecule has 11 atom stereocenters. The molecule has 0 aliphatic heterocycles. The summed E-state index contributed by atoms with van der Waals surface area (Å²) in [7, 11) is -1.65. The molecule has 0 aromatic heterocycles. The predicted molar refractivity (Wildman–Crippen MR) is 138 cm³/mol. The molecule has 202 valence electrons. The highest BCUT2D eigenvalue weighted by Crippen LogP contribution is 2.82. The van der Waals surface area contributed by atoms with E-state index in [0.717, 1.165) is 36.3 Å². The van der Waals surface area contributed by atoms with E-state index in [1.165, 1.54) is 51.4 Å². The summed E-state index contributed by atoms with van der Waals surface area (Å²) in [6.07, 6.45) is 13.0. The van der Waals surface area contributed by atoms with Crippen molar-refractivity contribution in [3.63, 3.8) is 0 Å². The predicted octanol–water partition coefficient (Wildman–Crippen LogP) is 5.80. The van der Waals surface area contributed by atoms with Crippen molar-refractivity contribution in [1.82, 2.24) is 0 Å². The molecule has 5 nitrogen and oxygen atoms in total. The molecular weight excluding hydrogens is 460 g/mol. The van der Waals surface area contributed by atoms with Gasteiger partial charge >= 0.3 is 0 Å². The molecule has 1 spiro atoms. The summed E-state index contributed by atoms with van der Waals surface area (Å²) >= 11 is 0. The number of hydrogen-bond donors (Lipinski definition) is 1. The monoisotopic (exact) mass is 510 g/mol. The smallest absolute Gasteiger partial charge is 0.264 e. The van der Waals surface area contributed by atoms with E-state index in [2.05, 4.69) is 20.8 Å². The molecule has 0 saturated heterocycles. The van der Waals surface area contributed by atoms with Crippen LogP contribution in [-0.4, -0.2) is 44.7 Å². The molecule has 0 radical (unpaired) electrons. The third kappa shape index (κ3) is 3.98. The molecular formula is C29H50O5S. The van der Waals surface area contributed by atoms with Gasteiger partial charge in [-0.15, -0.1) is 0 Å². The highest BCUT2D eigenvalue weighted by atomic mass is 32.2. The first-order valence-corrected chi connectivity index (χ1v) is 16.1. The zero-order valence-electron chi connectivity index (χ0n) is 23.2. The zero-order chi connectivity index (χ0) is 25.6. The van der Waals surface area contributed by atoms with E-state index in [0.29, 0.717) is 40.6 Å². The van der Waals surface area contributed by atoms with Crippen LogP contribution in [0.3, 0.4) is 0 Å². The second-order valence-electron chi connectivity index (χ2n) is 14.5. The Morgan fingerprint density at radius 1 is 1.06 bits per heavy atom. The first-order chi connectivity index (χ1) is 16.2. The van der Waals surface area contributed by atoms with Crippen LogP contribution < -0.4 is 0 Å². The SMILES string of the molecule is CO[C@H]1C[C@H]2[C@@H]3CC[C@H]([C@H](C)CC[C@@H](OS(C)(=O)=O)C(C)(C)O)[C@@]3(C)CC[C@@H]2[C@@]2(C)CC[C@H]3C[C@]312. The second-order valence-corrected chi connectivity index (χ2v) is 16.1. The number of hydrogen-bond acceptors (Lipinski definition) is 5. The first kappa shape index (κ1) is 26.4. The third-order valence-corrected chi connectivity index (χ3v) is 13.1. The molecule has 1 N–H and O–H groups in total. The van der Waals surface area contributed by atoms with Gasteiger partial charge in [0.2, 0.25) is 0 Å². The molecule has 0 unspecified atom stereocenters. The fourth-order valence-electron chi connectivity index (χ4n) is 10.9. The van der Waals surface area contributed by atoms with Gasteiger partial charge in [-0.25, -0.2) is 0 Å². The van der Waals surface area contributed by atoms with E-state index in [1.807, 2.05) is 7.11 Å². The van der Waals surface area contributed by atoms with Crippen molar-refractivity contribution in [3.05, 3.63) is 0 Å². The molecule has 0 heterocycles. The Kier molecular flexibility index (Phi) is 6.36. The molecule has 0 aromatic rings. The van der Waals surface area contributed by atoms with Gasteiger partial charge in [-0.05, 0) is 124 Å². The third-order valence-electron chi connectivity index (χ3n) is 12.6. The molecule has 0 aromatic carbocycles. The molecule has 0 amide bonds. The second kappa shape index (κ2) is 8.41. The molecule has 5 aliphatic carbocycles. The number of fused-ring (bicyclic) bond motifs is 4. The van der Waals surface area contributed by atoms with E-state index in [9.17, 15) is 13.5 Å². The lowest BCUT2D eigenvalue weighted by Crippen LogP contribution is -2.57. The van der Waals surface area contributed by atoms with E-state index in [-0.39, 0.29) is 0 Å². The van der Waals surface area contributed by atoms with Gasteiger partial charge in [0, 0.05) is 12.5 Å². The van der Waals surface area contributed by atoms with Crippen molar-refractivity contribution in [2.75, 3.05) is 13.4 Å². The lowest BCUT2D eigenvalue weighted by atomic mass is 9.45. The van der Waals surface area contributed by atoms with Gasteiger partial charge in [-0.3, -0.25) is 4.18 Å². The lowest BCUT2D eigenvalue weighted by molar-refractivity contribution is -0.161. The highest BCUT2D eigenvalue weighted by molar-refractivity contribution is 7.86. The van der Waals surface area contributed by atoms with Gasteiger partial charge in [0.25, 0.3) is 10.1 Å². The van der Waals surface area contributed by atoms with Crippen LogP contribution in [0.15, 0.2) is 0 Å². The summed E-state index contributed by atoms with van der Waals surface area (Å²) in [5, 5.41) is 10.6. The Balaban J connectivity index is 1.31. The normalized spacial score (nSPS) is 48.5. The minimum absolute atomic E-state index is 0.350. The lowest BCUT2D eigenvalue weighted by Gasteiger charge is -2.61. The maximum Gasteiger partial charge on any atom is 0.264 e. The van der Waals surface area contributed by atoms with Gasteiger partial charge in [0.05, 0.1) is 18.0 Å². The fourth-order valence-corrected chi connectivity index (χ4v) is 11.7. The van der Waals surface area contributed by atoms with Crippen molar-refractivity contribution in [3.8, 4) is 0 Å². The van der Waals surface area contributed by atoms with Crippen molar-refractivity contribution < 1.29 is 22.4 Å². The first-order valence-electron chi connectivity index (χ1n) is 14.3. The van der Waals surface area contributed by atoms with Gasteiger partial charge in [0.1, 0.15) is 6.10 Å². The van der Waals surface area contributed by atoms with Crippen molar-refractivity contribution in [1.29, 1.82) is 0 Å². The Bertz CT molecular complexity index is 926. The van der Waals surface area contributed by atoms with Crippen molar-refractivity contribution in [2.45, 2.75) is 117 Å². The quantitative estimate of drug-likeness (QED) is 0.418. The summed E-state index contributed by atoms with van der Waals surface area (Å²) < 4.78 is 35.2. The largest absolute Gasteiger partial charge is 0.388 e. The number of methoxy groups -OCH3 is 1. The maximum atomic E-state index is 11.8. The highest BCUT2D eigenvalue weighted by Gasteiger charge is 2.77. The van der Waals surface area contributed by atoms with Crippen molar-refractivity contribution >= 4 is 10.1 Å². The molecule has 5 aliphatic rings. The number of rotatable bonds is 8. The van der Waals surface area contributed by atoms with Crippen LogP contribution in [0.1, 0.15) is 98.8 Å². The van der Waals surface area contributed by atoms with E-state index in [1.54, 1.807) is 13.8 Å². The Labute approximate surface area is 214 Å². The maximum absolute atomic E-state index is 11.8. The van der Waals surface area contributed by atoms with Crippen LogP contribution in [0, 0.1) is 51.8 Å². The summed E-state index contributed by atoms with van der Waals surface area (Å²) in [6, 6.07) is 0. The molecule has 6 heteroatoms. The minimum atomic E-state index is -3.61. The number of aliphatic hydroxyl groups is 1. The topological polar surface area (TPSA) is 72.8 Å². The van der Waals surface area contributed by atoms with E-state index < -0.39 is 21.8 Å². The van der Waals surface area contributed by atoms with Crippen LogP contribution in [-0.2, 0) is 19.0 Å². The summed E-state index contributed by atoms with van der Waals surface area (Å²) in [5.41, 5.74) is 0.111. The van der Waals surface area contributed by atoms with Crippen LogP contribution in [0.2, 0.25) is 0 Å². The van der Waals surface area contributed by atoms with Crippen LogP contribution in [0.4, 0.5) is 0 Å². The average molecular weight is 511 g/mol. The Morgan fingerprint density at radius 3 is 2.37 bits per heavy atom. The molecule has 5 rings (SSSR count). The van der Waals surface area contributed by atoms with E-state index >= 15 is 0 Å². The van der Waals surface area contributed by atoms with Gasteiger partial charge in [-0.1, -0.05) is 20.8 Å². The fraction of sp³-hybridized carbons (Fsp3) is 1.00. The molecule has 5 fully saturated rings. The van der Waals surface area contributed by atoms with E-state index in [4.69, 9.17) is 8.92 Å². The van der Waals surface area contributed by atoms with Crippen LogP contribution in [0.25, 0.3) is 0 Å². The molecule has 0 bridgehead atoms. The Morgan fingerprint density at radius 2 is 1.77 bits per heavy atom. The number of ether oxygens (including phenoxy) is 1. The summed E-state index contributed by atoms with van der Waals surface area (Å²) in [6.45, 7) is 10.9. The van der Waals surface area contributed by atoms with Gasteiger partial charge in [-0.2, -0.15) is 8.42 Å². The van der Waals surface area contributed by atoms with Gasteiger partial charge < -0.3 is 9.84 Å². The summed E-state index contributed by atoms with van der Waals surface area (Å²) in [5.74, 6) is 4.46. The molecule has 35 heavy (non-hydrogen) atoms. The Hall–Kier alpha value is -0.170. The van der Waals surface area contributed by atoms with Crippen LogP contribution in [0.5, 0.6) is 0 Å².